The average Bonchev–Trinajstić information content (AvgIpc) is 4.01. The molecule has 2 saturated carbocycles. The molecule has 5 aliphatic rings. The van der Waals surface area contributed by atoms with Gasteiger partial charge in [-0.15, -0.1) is 0 Å². The Hall–Kier alpha value is -4.48. The van der Waals surface area contributed by atoms with Crippen LogP contribution in [0.1, 0.15) is 96.2 Å². The number of carbonyl (C=O) groups is 4. The van der Waals surface area contributed by atoms with Crippen LogP contribution in [0.3, 0.4) is 0 Å². The van der Waals surface area contributed by atoms with Crippen LogP contribution in [0.5, 0.6) is 5.75 Å². The molecule has 1 saturated heterocycles. The van der Waals surface area contributed by atoms with Gasteiger partial charge in [0.05, 0.1) is 22.5 Å². The number of pyridine rings is 1. The van der Waals surface area contributed by atoms with Gasteiger partial charge in [0.2, 0.25) is 27.4 Å². The summed E-state index contributed by atoms with van der Waals surface area (Å²) >= 11 is 0. The highest BCUT2D eigenvalue weighted by molar-refractivity contribution is 7.91. The summed E-state index contributed by atoms with van der Waals surface area (Å²) in [6.45, 7) is 4.43. The maximum Gasteiger partial charge on any atom is 0.427 e. The number of aromatic nitrogens is 1. The molecule has 4 amide bonds. The number of ether oxygens (including phenoxy) is 2. The fourth-order valence-corrected chi connectivity index (χ4v) is 9.44. The average molecular weight is 822 g/mol. The van der Waals surface area contributed by atoms with Crippen molar-refractivity contribution in [2.45, 2.75) is 138 Å². The van der Waals surface area contributed by atoms with Gasteiger partial charge in [0.25, 0.3) is 5.91 Å². The Balaban J connectivity index is 1.23. The van der Waals surface area contributed by atoms with Crippen LogP contribution in [0.25, 0.3) is 10.9 Å². The van der Waals surface area contributed by atoms with E-state index < -0.39 is 85.3 Å². The highest BCUT2D eigenvalue weighted by Gasteiger charge is 2.64. The fourth-order valence-electron chi connectivity index (χ4n) is 8.13. The van der Waals surface area contributed by atoms with Gasteiger partial charge in [0, 0.05) is 23.3 Å². The number of halogens is 4. The third-order valence-electron chi connectivity index (χ3n) is 12.3. The third kappa shape index (κ3) is 7.65. The second kappa shape index (κ2) is 14.1. The van der Waals surface area contributed by atoms with Crippen LogP contribution in [0, 0.1) is 18.7 Å². The lowest BCUT2D eigenvalue weighted by Crippen LogP contribution is -2.59. The zero-order chi connectivity index (χ0) is 41.3. The minimum absolute atomic E-state index is 0.0117. The van der Waals surface area contributed by atoms with Crippen molar-refractivity contribution in [1.29, 1.82) is 0 Å². The van der Waals surface area contributed by atoms with Crippen molar-refractivity contribution in [1.82, 2.24) is 25.2 Å². The SMILES string of the molecule is Cc1nc2ccc(F)cc2c2c1O[C@]1(CC2)C[C@H]2C(=O)N[C@]3(C(=O)NS(=O)(=O)C4(C)CC4)C[C@H]3/C=C\CCCCC[C@H](NC(=O)OC(C)(C)C(F)(F)F)C(=O)N2C1. The first-order valence-electron chi connectivity index (χ1n) is 19.3. The van der Waals surface area contributed by atoms with E-state index in [0.717, 1.165) is 0 Å². The summed E-state index contributed by atoms with van der Waals surface area (Å²) in [5.74, 6) is -3.10. The molecule has 3 N–H and O–H groups in total. The molecule has 2 aromatic rings. The van der Waals surface area contributed by atoms with Gasteiger partial charge in [0.1, 0.15) is 34.8 Å². The molecular formula is C39H47F4N5O8S. The van der Waals surface area contributed by atoms with Gasteiger partial charge in [-0.05, 0) is 97.3 Å². The van der Waals surface area contributed by atoms with Crippen LogP contribution in [0.15, 0.2) is 30.4 Å². The molecule has 1 aromatic heterocycles. The molecule has 57 heavy (non-hydrogen) atoms. The summed E-state index contributed by atoms with van der Waals surface area (Å²) in [6, 6.07) is 1.50. The monoisotopic (exact) mass is 821 g/mol. The normalized spacial score (nSPS) is 29.4. The molecule has 13 nitrogen and oxygen atoms in total. The molecule has 7 rings (SSSR count). The lowest BCUT2D eigenvalue weighted by atomic mass is 9.87. The molecule has 4 heterocycles. The number of aryl methyl sites for hydroxylation is 2. The van der Waals surface area contributed by atoms with E-state index >= 15 is 0 Å². The molecule has 3 fully saturated rings. The molecule has 18 heteroatoms. The Kier molecular flexibility index (Phi) is 10.1. The van der Waals surface area contributed by atoms with Crippen LogP contribution in [-0.4, -0.2) is 88.4 Å². The second-order valence-electron chi connectivity index (χ2n) is 17.0. The van der Waals surface area contributed by atoms with Crippen molar-refractivity contribution in [2.75, 3.05) is 6.54 Å². The minimum Gasteiger partial charge on any atom is -0.483 e. The number of allylic oxidation sites excluding steroid dienone is 1. The van der Waals surface area contributed by atoms with E-state index in [0.29, 0.717) is 86.7 Å². The Morgan fingerprint density at radius 3 is 2.53 bits per heavy atom. The van der Waals surface area contributed by atoms with Crippen molar-refractivity contribution in [3.8, 4) is 5.75 Å². The first-order chi connectivity index (χ1) is 26.6. The number of alkyl halides is 3. The zero-order valence-corrected chi connectivity index (χ0v) is 33.0. The Labute approximate surface area is 327 Å². The van der Waals surface area contributed by atoms with Gasteiger partial charge in [-0.2, -0.15) is 13.2 Å². The lowest BCUT2D eigenvalue weighted by molar-refractivity contribution is -0.244. The van der Waals surface area contributed by atoms with Crippen LogP contribution in [0.4, 0.5) is 22.4 Å². The first kappa shape index (κ1) is 40.7. The molecule has 2 aliphatic carbocycles. The summed E-state index contributed by atoms with van der Waals surface area (Å²) in [6.07, 6.45) is 0.735. The third-order valence-corrected chi connectivity index (χ3v) is 14.4. The summed E-state index contributed by atoms with van der Waals surface area (Å²) < 4.78 is 94.2. The van der Waals surface area contributed by atoms with Crippen molar-refractivity contribution < 1.29 is 54.6 Å². The molecule has 0 bridgehead atoms. The second-order valence-corrected chi connectivity index (χ2v) is 19.2. The topological polar surface area (TPSA) is 173 Å². The standard InChI is InChI=1S/C39H47F4N5O8S/c1-22-30-25(26-18-24(40)12-13-27(26)44-22)14-15-37(55-30)20-29-31(49)46-38(33(51)47-57(53,54)36(4)16-17-36)19-23(38)10-8-6-5-7-9-11-28(32(50)48(29)21-37)45-34(52)56-35(2,3)39(41,42)43/h8,10,12-13,18,23,28-29H,5-7,9,11,14-17,19-21H2,1-4H3,(H,45,52)(H,46,49)(H,47,51)/b10-8-/t23-,28+,29+,37-,38-/m1/s1. The number of hydrogen-bond donors (Lipinski definition) is 3. The van der Waals surface area contributed by atoms with E-state index in [1.54, 1.807) is 19.1 Å². The molecule has 3 aliphatic heterocycles. The van der Waals surface area contributed by atoms with E-state index in [-0.39, 0.29) is 32.2 Å². The highest BCUT2D eigenvalue weighted by Crippen LogP contribution is 2.49. The Morgan fingerprint density at radius 1 is 1.09 bits per heavy atom. The van der Waals surface area contributed by atoms with E-state index in [1.165, 1.54) is 24.0 Å². The van der Waals surface area contributed by atoms with Gasteiger partial charge >= 0.3 is 12.3 Å². The van der Waals surface area contributed by atoms with Crippen LogP contribution >= 0.6 is 0 Å². The van der Waals surface area contributed by atoms with Gasteiger partial charge in [-0.25, -0.2) is 22.6 Å². The molecule has 1 spiro atoms. The smallest absolute Gasteiger partial charge is 0.427 e. The van der Waals surface area contributed by atoms with Crippen molar-refractivity contribution in [3.63, 3.8) is 0 Å². The number of fused-ring (bicyclic) bond motifs is 5. The number of hydrogen-bond acceptors (Lipinski definition) is 9. The summed E-state index contributed by atoms with van der Waals surface area (Å²) in [5.41, 5.74) is -3.99. The summed E-state index contributed by atoms with van der Waals surface area (Å²) in [4.78, 5) is 61.9. The predicted octanol–water partition coefficient (Wildman–Crippen LogP) is 5.18. The molecular weight excluding hydrogens is 775 g/mol. The number of benzene rings is 1. The van der Waals surface area contributed by atoms with E-state index in [9.17, 15) is 45.2 Å². The quantitative estimate of drug-likeness (QED) is 0.272. The van der Waals surface area contributed by atoms with Gasteiger partial charge in [-0.1, -0.05) is 25.0 Å². The largest absolute Gasteiger partial charge is 0.483 e. The van der Waals surface area contributed by atoms with Crippen molar-refractivity contribution in [3.05, 3.63) is 47.4 Å². The fraction of sp³-hybridized carbons (Fsp3) is 0.615. The van der Waals surface area contributed by atoms with E-state index in [4.69, 9.17) is 9.47 Å². The number of rotatable bonds is 5. The van der Waals surface area contributed by atoms with Gasteiger partial charge in [-0.3, -0.25) is 19.1 Å². The minimum atomic E-state index is -4.91. The first-order valence-corrected chi connectivity index (χ1v) is 20.8. The number of nitrogens with one attached hydrogen (secondary N) is 3. The zero-order valence-electron chi connectivity index (χ0n) is 32.2. The maximum absolute atomic E-state index is 14.6. The van der Waals surface area contributed by atoms with Crippen molar-refractivity contribution in [2.24, 2.45) is 5.92 Å². The number of alkyl carbamates (subject to hydrolysis) is 1. The van der Waals surface area contributed by atoms with Crippen molar-refractivity contribution >= 4 is 44.7 Å². The maximum atomic E-state index is 14.6. The summed E-state index contributed by atoms with van der Waals surface area (Å²) in [7, 11) is -4.08. The predicted molar refractivity (Wildman–Crippen MR) is 198 cm³/mol. The summed E-state index contributed by atoms with van der Waals surface area (Å²) in [5, 5.41) is 5.68. The van der Waals surface area contributed by atoms with Crippen LogP contribution < -0.4 is 20.1 Å². The Bertz CT molecular complexity index is 2160. The van der Waals surface area contributed by atoms with Gasteiger partial charge in [0.15, 0.2) is 0 Å². The molecule has 0 unspecified atom stereocenters. The van der Waals surface area contributed by atoms with E-state index in [1.807, 2.05) is 6.08 Å². The Morgan fingerprint density at radius 2 is 1.82 bits per heavy atom. The molecule has 5 atom stereocenters. The molecule has 1 aromatic carbocycles. The molecule has 310 valence electrons. The number of amides is 4. The van der Waals surface area contributed by atoms with Crippen LogP contribution in [0.2, 0.25) is 0 Å². The number of carbonyl (C=O) groups excluding carboxylic acids is 4. The highest BCUT2D eigenvalue weighted by atomic mass is 32.2. The van der Waals surface area contributed by atoms with Crippen LogP contribution in [-0.2, 0) is 35.6 Å². The number of sulfonamides is 1. The molecule has 0 radical (unpaired) electrons. The lowest BCUT2D eigenvalue weighted by Gasteiger charge is -2.36. The van der Waals surface area contributed by atoms with Gasteiger partial charge < -0.3 is 25.0 Å². The van der Waals surface area contributed by atoms with E-state index in [2.05, 4.69) is 20.3 Å². The number of nitrogens with zero attached hydrogens (tertiary/aromatic N) is 2.